The molecule has 0 amide bonds. The van der Waals surface area contributed by atoms with Crippen LogP contribution in [-0.2, 0) is 5.54 Å². The van der Waals surface area contributed by atoms with Crippen LogP contribution in [0.15, 0.2) is 18.2 Å². The minimum atomic E-state index is -0.423. The number of benzene rings is 1. The van der Waals surface area contributed by atoms with Crippen molar-refractivity contribution in [3.63, 3.8) is 0 Å². The Balaban J connectivity index is 2.36. The summed E-state index contributed by atoms with van der Waals surface area (Å²) in [5.41, 5.74) is 6.84. The average molecular weight is 237 g/mol. The predicted octanol–water partition coefficient (Wildman–Crippen LogP) is 3.20. The predicted molar refractivity (Wildman–Crippen MR) is 66.4 cm³/mol. The maximum Gasteiger partial charge on any atom is 0.124 e. The van der Waals surface area contributed by atoms with Crippen molar-refractivity contribution in [3.8, 4) is 5.75 Å². The van der Waals surface area contributed by atoms with Gasteiger partial charge in [0.25, 0.3) is 0 Å². The lowest BCUT2D eigenvalue weighted by Gasteiger charge is -2.27. The van der Waals surface area contributed by atoms with Gasteiger partial charge in [0.05, 0.1) is 7.11 Å². The molecule has 2 nitrogen and oxygen atoms in total. The van der Waals surface area contributed by atoms with E-state index >= 15 is 0 Å². The molecule has 0 aliphatic heterocycles. The molecule has 1 aliphatic carbocycles. The maximum absolute atomic E-state index is 13.4. The van der Waals surface area contributed by atoms with Crippen LogP contribution in [0.25, 0.3) is 0 Å². The summed E-state index contributed by atoms with van der Waals surface area (Å²) >= 11 is 0. The zero-order valence-electron chi connectivity index (χ0n) is 10.5. The SMILES string of the molecule is CCC1CCC(N)(c2cc(F)ccc2OC)C1. The minimum Gasteiger partial charge on any atom is -0.496 e. The topological polar surface area (TPSA) is 35.2 Å². The lowest BCUT2D eigenvalue weighted by atomic mass is 9.87. The van der Waals surface area contributed by atoms with E-state index in [-0.39, 0.29) is 5.82 Å². The van der Waals surface area contributed by atoms with Crippen LogP contribution in [0.1, 0.15) is 38.2 Å². The highest BCUT2D eigenvalue weighted by Gasteiger charge is 2.38. The van der Waals surface area contributed by atoms with Gasteiger partial charge in [0.2, 0.25) is 0 Å². The van der Waals surface area contributed by atoms with Gasteiger partial charge < -0.3 is 10.5 Å². The zero-order chi connectivity index (χ0) is 12.5. The third kappa shape index (κ3) is 2.29. The standard InChI is InChI=1S/C14H20FNO/c1-3-10-6-7-14(16,9-10)12-8-11(15)4-5-13(12)17-2/h4-5,8,10H,3,6-7,9,16H2,1-2H3. The van der Waals surface area contributed by atoms with Gasteiger partial charge in [-0.15, -0.1) is 0 Å². The van der Waals surface area contributed by atoms with E-state index < -0.39 is 5.54 Å². The van der Waals surface area contributed by atoms with Gasteiger partial charge >= 0.3 is 0 Å². The Morgan fingerprint density at radius 2 is 2.29 bits per heavy atom. The first-order valence-corrected chi connectivity index (χ1v) is 6.22. The highest BCUT2D eigenvalue weighted by atomic mass is 19.1. The van der Waals surface area contributed by atoms with Crippen molar-refractivity contribution >= 4 is 0 Å². The van der Waals surface area contributed by atoms with Crippen molar-refractivity contribution in [2.24, 2.45) is 11.7 Å². The molecule has 1 aliphatic rings. The number of methoxy groups -OCH3 is 1. The van der Waals surface area contributed by atoms with Crippen molar-refractivity contribution in [1.29, 1.82) is 0 Å². The van der Waals surface area contributed by atoms with Crippen molar-refractivity contribution in [2.75, 3.05) is 7.11 Å². The van der Waals surface area contributed by atoms with Crippen LogP contribution in [0, 0.1) is 11.7 Å². The highest BCUT2D eigenvalue weighted by Crippen LogP contribution is 2.44. The largest absolute Gasteiger partial charge is 0.496 e. The van der Waals surface area contributed by atoms with Crippen LogP contribution in [0.2, 0.25) is 0 Å². The molecule has 2 atom stereocenters. The van der Waals surface area contributed by atoms with Gasteiger partial charge in [-0.3, -0.25) is 0 Å². The number of hydrogen-bond acceptors (Lipinski definition) is 2. The van der Waals surface area contributed by atoms with Gasteiger partial charge in [-0.2, -0.15) is 0 Å². The third-order valence-corrected chi connectivity index (χ3v) is 3.93. The smallest absolute Gasteiger partial charge is 0.124 e. The molecule has 2 unspecified atom stereocenters. The number of rotatable bonds is 3. The Morgan fingerprint density at radius 3 is 2.88 bits per heavy atom. The van der Waals surface area contributed by atoms with E-state index in [0.29, 0.717) is 11.7 Å². The van der Waals surface area contributed by atoms with Gasteiger partial charge in [-0.25, -0.2) is 4.39 Å². The van der Waals surface area contributed by atoms with Gasteiger partial charge in [0.15, 0.2) is 0 Å². The van der Waals surface area contributed by atoms with Gasteiger partial charge in [0, 0.05) is 11.1 Å². The maximum atomic E-state index is 13.4. The molecule has 1 aromatic rings. The Hall–Kier alpha value is -1.09. The second-order valence-electron chi connectivity index (χ2n) is 5.02. The second kappa shape index (κ2) is 4.65. The summed E-state index contributed by atoms with van der Waals surface area (Å²) < 4.78 is 18.7. The molecule has 0 radical (unpaired) electrons. The fourth-order valence-corrected chi connectivity index (χ4v) is 2.84. The van der Waals surface area contributed by atoms with Gasteiger partial charge in [-0.1, -0.05) is 13.3 Å². The number of halogens is 1. The molecular formula is C14H20FNO. The quantitative estimate of drug-likeness (QED) is 0.876. The monoisotopic (exact) mass is 237 g/mol. The fourth-order valence-electron chi connectivity index (χ4n) is 2.84. The fraction of sp³-hybridized carbons (Fsp3) is 0.571. The van der Waals surface area contributed by atoms with E-state index in [0.717, 1.165) is 31.2 Å². The summed E-state index contributed by atoms with van der Waals surface area (Å²) in [6, 6.07) is 4.60. The summed E-state index contributed by atoms with van der Waals surface area (Å²) in [6.45, 7) is 2.18. The normalized spacial score (nSPS) is 28.4. The Bertz CT molecular complexity index is 407. The lowest BCUT2D eigenvalue weighted by Crippen LogP contribution is -2.34. The molecule has 0 saturated heterocycles. The highest BCUT2D eigenvalue weighted by molar-refractivity contribution is 5.40. The third-order valence-electron chi connectivity index (χ3n) is 3.93. The van der Waals surface area contributed by atoms with E-state index in [2.05, 4.69) is 6.92 Å². The summed E-state index contributed by atoms with van der Waals surface area (Å²) in [6.07, 6.45) is 4.08. The average Bonchev–Trinajstić information content (AvgIpc) is 2.72. The van der Waals surface area contributed by atoms with Crippen molar-refractivity contribution in [2.45, 2.75) is 38.1 Å². The molecule has 0 bridgehead atoms. The van der Waals surface area contributed by atoms with Crippen molar-refractivity contribution in [3.05, 3.63) is 29.6 Å². The molecule has 17 heavy (non-hydrogen) atoms. The first-order chi connectivity index (χ1) is 8.09. The van der Waals surface area contributed by atoms with Crippen LogP contribution >= 0.6 is 0 Å². The molecule has 0 spiro atoms. The van der Waals surface area contributed by atoms with Crippen molar-refractivity contribution in [1.82, 2.24) is 0 Å². The summed E-state index contributed by atoms with van der Waals surface area (Å²) in [5.74, 6) is 1.10. The van der Waals surface area contributed by atoms with Crippen LogP contribution in [0.5, 0.6) is 5.75 Å². The summed E-state index contributed by atoms with van der Waals surface area (Å²) in [7, 11) is 1.60. The van der Waals surface area contributed by atoms with Crippen LogP contribution in [0.3, 0.4) is 0 Å². The van der Waals surface area contributed by atoms with E-state index in [1.165, 1.54) is 12.1 Å². The van der Waals surface area contributed by atoms with E-state index in [9.17, 15) is 4.39 Å². The minimum absolute atomic E-state index is 0.245. The lowest BCUT2D eigenvalue weighted by molar-refractivity contribution is 0.368. The Kier molecular flexibility index (Phi) is 3.38. The Labute approximate surface area is 102 Å². The number of hydrogen-bond donors (Lipinski definition) is 1. The Morgan fingerprint density at radius 1 is 1.53 bits per heavy atom. The second-order valence-corrected chi connectivity index (χ2v) is 5.02. The summed E-state index contributed by atoms with van der Waals surface area (Å²) in [4.78, 5) is 0. The molecule has 1 saturated carbocycles. The molecule has 2 N–H and O–H groups in total. The molecule has 1 fully saturated rings. The molecule has 1 aromatic carbocycles. The van der Waals surface area contributed by atoms with E-state index in [1.807, 2.05) is 0 Å². The number of nitrogens with two attached hydrogens (primary N) is 1. The summed E-state index contributed by atoms with van der Waals surface area (Å²) in [5, 5.41) is 0. The van der Waals surface area contributed by atoms with E-state index in [1.54, 1.807) is 13.2 Å². The molecule has 0 heterocycles. The molecule has 94 valence electrons. The van der Waals surface area contributed by atoms with Gasteiger partial charge in [-0.05, 0) is 43.4 Å². The van der Waals surface area contributed by atoms with Gasteiger partial charge in [0.1, 0.15) is 11.6 Å². The van der Waals surface area contributed by atoms with Crippen LogP contribution < -0.4 is 10.5 Å². The van der Waals surface area contributed by atoms with E-state index in [4.69, 9.17) is 10.5 Å². The molecule has 3 heteroatoms. The first kappa shape index (κ1) is 12.4. The van der Waals surface area contributed by atoms with Crippen molar-refractivity contribution < 1.29 is 9.13 Å². The molecule has 0 aromatic heterocycles. The molecular weight excluding hydrogens is 217 g/mol. The zero-order valence-corrected chi connectivity index (χ0v) is 10.5. The number of ether oxygens (including phenoxy) is 1. The molecule has 2 rings (SSSR count). The first-order valence-electron chi connectivity index (χ1n) is 6.22. The van der Waals surface area contributed by atoms with Crippen LogP contribution in [-0.4, -0.2) is 7.11 Å². The van der Waals surface area contributed by atoms with Crippen LogP contribution in [0.4, 0.5) is 4.39 Å².